The topological polar surface area (TPSA) is 15.3 Å². The van der Waals surface area contributed by atoms with Crippen LogP contribution >= 0.6 is 0 Å². The molecule has 126 valence electrons. The second-order valence-electron chi connectivity index (χ2n) is 6.98. The molecule has 0 radical (unpaired) electrons. The molecule has 1 rings (SSSR count). The lowest BCUT2D eigenvalue weighted by Gasteiger charge is -2.38. The van der Waals surface area contributed by atoms with E-state index in [1.54, 1.807) is 4.90 Å². The summed E-state index contributed by atoms with van der Waals surface area (Å²) in [4.78, 5) is 1.67. The molecule has 0 atom stereocenters. The highest BCUT2D eigenvalue weighted by molar-refractivity contribution is 4.91. The fourth-order valence-corrected chi connectivity index (χ4v) is 2.82. The molecule has 0 bridgehead atoms. The van der Waals surface area contributed by atoms with E-state index in [1.165, 1.54) is 0 Å². The first-order valence-electron chi connectivity index (χ1n) is 8.23. The van der Waals surface area contributed by atoms with E-state index in [1.807, 2.05) is 0 Å². The molecule has 2 nitrogen and oxygen atoms in total. The van der Waals surface area contributed by atoms with Crippen molar-refractivity contribution < 1.29 is 13.2 Å². The standard InChI is InChI=1S/C16H31F3N2/c1-5-15(6-2,10-20-9-13(3)4)11-21(14-7-8-14)12-16(17,18)19/h13-14,20H,5-12H2,1-4H3. The van der Waals surface area contributed by atoms with Gasteiger partial charge in [0, 0.05) is 19.1 Å². The Hall–Kier alpha value is -0.290. The summed E-state index contributed by atoms with van der Waals surface area (Å²) in [5.74, 6) is 0.561. The minimum absolute atomic E-state index is 0.0528. The van der Waals surface area contributed by atoms with Gasteiger partial charge in [0.1, 0.15) is 0 Å². The Morgan fingerprint density at radius 3 is 2.05 bits per heavy atom. The fourth-order valence-electron chi connectivity index (χ4n) is 2.82. The first-order valence-corrected chi connectivity index (χ1v) is 8.23. The third-order valence-electron chi connectivity index (χ3n) is 4.54. The monoisotopic (exact) mass is 308 g/mol. The summed E-state index contributed by atoms with van der Waals surface area (Å²) in [6.45, 7) is 10.0. The zero-order valence-electron chi connectivity index (χ0n) is 13.9. The molecule has 0 aliphatic heterocycles. The van der Waals surface area contributed by atoms with E-state index < -0.39 is 12.7 Å². The summed E-state index contributed by atoms with van der Waals surface area (Å²) in [5, 5.41) is 3.45. The maximum atomic E-state index is 12.8. The van der Waals surface area contributed by atoms with Gasteiger partial charge in [-0.3, -0.25) is 4.90 Å². The van der Waals surface area contributed by atoms with Crippen molar-refractivity contribution in [2.24, 2.45) is 11.3 Å². The van der Waals surface area contributed by atoms with Gasteiger partial charge in [0.25, 0.3) is 0 Å². The Bertz CT molecular complexity index is 294. The van der Waals surface area contributed by atoms with Crippen LogP contribution in [0.25, 0.3) is 0 Å². The van der Waals surface area contributed by atoms with Gasteiger partial charge in [-0.25, -0.2) is 0 Å². The normalized spacial score (nSPS) is 17.0. The average molecular weight is 308 g/mol. The minimum Gasteiger partial charge on any atom is -0.316 e. The van der Waals surface area contributed by atoms with Gasteiger partial charge >= 0.3 is 6.18 Å². The molecule has 1 N–H and O–H groups in total. The Morgan fingerprint density at radius 1 is 1.10 bits per heavy atom. The lowest BCUT2D eigenvalue weighted by Crippen LogP contribution is -2.47. The zero-order valence-corrected chi connectivity index (χ0v) is 13.9. The Morgan fingerprint density at radius 2 is 1.67 bits per heavy atom. The summed E-state index contributed by atoms with van der Waals surface area (Å²) < 4.78 is 38.3. The van der Waals surface area contributed by atoms with Gasteiger partial charge in [0.05, 0.1) is 6.54 Å². The van der Waals surface area contributed by atoms with Crippen LogP contribution in [0.4, 0.5) is 13.2 Å². The van der Waals surface area contributed by atoms with Crippen molar-refractivity contribution in [3.63, 3.8) is 0 Å². The van der Waals surface area contributed by atoms with Crippen LogP contribution in [0.5, 0.6) is 0 Å². The molecule has 0 aromatic rings. The van der Waals surface area contributed by atoms with Crippen LogP contribution in [-0.4, -0.2) is 43.3 Å². The van der Waals surface area contributed by atoms with Crippen molar-refractivity contribution in [2.45, 2.75) is 65.6 Å². The molecule has 1 saturated carbocycles. The second kappa shape index (κ2) is 7.82. The molecular weight excluding hydrogens is 277 g/mol. The Labute approximate surface area is 127 Å². The molecule has 0 heterocycles. The lowest BCUT2D eigenvalue weighted by atomic mass is 9.81. The predicted molar refractivity (Wildman–Crippen MR) is 81.4 cm³/mol. The van der Waals surface area contributed by atoms with E-state index in [4.69, 9.17) is 0 Å². The molecule has 0 amide bonds. The number of halogens is 3. The van der Waals surface area contributed by atoms with Crippen molar-refractivity contribution >= 4 is 0 Å². The van der Waals surface area contributed by atoms with Crippen molar-refractivity contribution in [2.75, 3.05) is 26.2 Å². The van der Waals surface area contributed by atoms with Crippen LogP contribution in [0.15, 0.2) is 0 Å². The molecule has 5 heteroatoms. The number of nitrogens with one attached hydrogen (secondary N) is 1. The van der Waals surface area contributed by atoms with E-state index in [0.29, 0.717) is 12.5 Å². The predicted octanol–water partition coefficient (Wildman–Crippen LogP) is 4.07. The van der Waals surface area contributed by atoms with Crippen LogP contribution in [0.3, 0.4) is 0 Å². The van der Waals surface area contributed by atoms with E-state index >= 15 is 0 Å². The van der Waals surface area contributed by atoms with Crippen molar-refractivity contribution in [1.82, 2.24) is 10.2 Å². The minimum atomic E-state index is -4.10. The highest BCUT2D eigenvalue weighted by Crippen LogP contribution is 2.35. The van der Waals surface area contributed by atoms with Crippen LogP contribution in [0.2, 0.25) is 0 Å². The molecule has 21 heavy (non-hydrogen) atoms. The van der Waals surface area contributed by atoms with E-state index in [9.17, 15) is 13.2 Å². The van der Waals surface area contributed by atoms with Gasteiger partial charge in [0.2, 0.25) is 0 Å². The molecule has 0 aromatic heterocycles. The van der Waals surface area contributed by atoms with Crippen LogP contribution < -0.4 is 5.32 Å². The molecule has 1 aliphatic rings. The SMILES string of the molecule is CCC(CC)(CNCC(C)C)CN(CC(F)(F)F)C1CC1. The zero-order chi connectivity index (χ0) is 16.1. The highest BCUT2D eigenvalue weighted by atomic mass is 19.4. The third kappa shape index (κ3) is 7.00. The molecule has 1 aliphatic carbocycles. The molecular formula is C16H31F3N2. The number of hydrogen-bond acceptors (Lipinski definition) is 2. The third-order valence-corrected chi connectivity index (χ3v) is 4.54. The smallest absolute Gasteiger partial charge is 0.316 e. The summed E-state index contributed by atoms with van der Waals surface area (Å²) in [5.41, 5.74) is -0.0528. The summed E-state index contributed by atoms with van der Waals surface area (Å²) >= 11 is 0. The summed E-state index contributed by atoms with van der Waals surface area (Å²) in [6, 6.07) is 0.147. The number of alkyl halides is 3. The number of hydrogen-bond donors (Lipinski definition) is 1. The van der Waals surface area contributed by atoms with Crippen LogP contribution in [-0.2, 0) is 0 Å². The molecule has 0 unspecified atom stereocenters. The largest absolute Gasteiger partial charge is 0.401 e. The lowest BCUT2D eigenvalue weighted by molar-refractivity contribution is -0.150. The van der Waals surface area contributed by atoms with E-state index in [2.05, 4.69) is 33.0 Å². The first-order chi connectivity index (χ1) is 9.71. The molecule has 0 saturated heterocycles. The Kier molecular flexibility index (Phi) is 6.98. The van der Waals surface area contributed by atoms with Crippen molar-refractivity contribution in [3.05, 3.63) is 0 Å². The van der Waals surface area contributed by atoms with Gasteiger partial charge in [0.15, 0.2) is 0 Å². The number of nitrogens with zero attached hydrogens (tertiary/aromatic N) is 1. The summed E-state index contributed by atoms with van der Waals surface area (Å²) in [7, 11) is 0. The first kappa shape index (κ1) is 18.8. The quantitative estimate of drug-likeness (QED) is 0.654. The van der Waals surface area contributed by atoms with E-state index in [0.717, 1.165) is 38.8 Å². The van der Waals surface area contributed by atoms with Gasteiger partial charge < -0.3 is 5.32 Å². The fraction of sp³-hybridized carbons (Fsp3) is 1.00. The van der Waals surface area contributed by atoms with Gasteiger partial charge in [-0.2, -0.15) is 13.2 Å². The average Bonchev–Trinajstić information content (AvgIpc) is 3.18. The Balaban J connectivity index is 2.64. The maximum Gasteiger partial charge on any atom is 0.401 e. The van der Waals surface area contributed by atoms with Crippen molar-refractivity contribution in [3.8, 4) is 0 Å². The van der Waals surface area contributed by atoms with Crippen LogP contribution in [0.1, 0.15) is 53.4 Å². The van der Waals surface area contributed by atoms with Crippen LogP contribution in [0, 0.1) is 11.3 Å². The molecule has 0 aromatic carbocycles. The van der Waals surface area contributed by atoms with Gasteiger partial charge in [-0.1, -0.05) is 27.7 Å². The van der Waals surface area contributed by atoms with Gasteiger partial charge in [-0.15, -0.1) is 0 Å². The molecule has 1 fully saturated rings. The van der Waals surface area contributed by atoms with E-state index in [-0.39, 0.29) is 11.5 Å². The summed E-state index contributed by atoms with van der Waals surface area (Å²) in [6.07, 6.45) is -0.440. The highest BCUT2D eigenvalue weighted by Gasteiger charge is 2.41. The molecule has 0 spiro atoms. The van der Waals surface area contributed by atoms with Gasteiger partial charge in [-0.05, 0) is 43.6 Å². The van der Waals surface area contributed by atoms with Crippen molar-refractivity contribution in [1.29, 1.82) is 0 Å². The maximum absolute atomic E-state index is 12.8. The number of rotatable bonds is 10. The second-order valence-corrected chi connectivity index (χ2v) is 6.98.